The lowest BCUT2D eigenvalue weighted by molar-refractivity contribution is -0.136. The van der Waals surface area contributed by atoms with Crippen LogP contribution in [0.4, 0.5) is 10.5 Å². The molecule has 39 heavy (non-hydrogen) atoms. The normalized spacial score (nSPS) is 14.9. The van der Waals surface area contributed by atoms with Gasteiger partial charge in [0.25, 0.3) is 5.91 Å². The summed E-state index contributed by atoms with van der Waals surface area (Å²) in [4.78, 5) is 41.1. The van der Waals surface area contributed by atoms with E-state index in [1.165, 1.54) is 7.11 Å². The smallest absolute Gasteiger partial charge is 0.422 e. The van der Waals surface area contributed by atoms with Crippen LogP contribution in [0.25, 0.3) is 11.1 Å². The number of esters is 1. The second-order valence-corrected chi connectivity index (χ2v) is 10.5. The minimum Gasteiger partial charge on any atom is -0.466 e. The van der Waals surface area contributed by atoms with Crippen LogP contribution < -0.4 is 4.90 Å². The minimum absolute atomic E-state index is 0.275. The van der Waals surface area contributed by atoms with Crippen LogP contribution in [0.3, 0.4) is 0 Å². The van der Waals surface area contributed by atoms with Crippen LogP contribution in [0.5, 0.6) is 0 Å². The highest BCUT2D eigenvalue weighted by atomic mass is 16.6. The number of imide groups is 1. The molecule has 6 nitrogen and oxygen atoms in total. The van der Waals surface area contributed by atoms with Crippen LogP contribution in [-0.2, 0) is 19.1 Å². The van der Waals surface area contributed by atoms with E-state index in [9.17, 15) is 14.4 Å². The van der Waals surface area contributed by atoms with E-state index in [1.807, 2.05) is 73.7 Å². The number of hydrogen-bond acceptors (Lipinski definition) is 5. The third kappa shape index (κ3) is 5.85. The van der Waals surface area contributed by atoms with Crippen LogP contribution >= 0.6 is 0 Å². The topological polar surface area (TPSA) is 72.9 Å². The molecular weight excluding hydrogens is 490 g/mol. The number of benzene rings is 3. The lowest BCUT2D eigenvalue weighted by atomic mass is 9.81. The molecule has 2 amide bonds. The number of ether oxygens (including phenoxy) is 2. The van der Waals surface area contributed by atoms with Crippen molar-refractivity contribution < 1.29 is 23.9 Å². The molecule has 3 aromatic rings. The average Bonchev–Trinajstić information content (AvgIpc) is 3.20. The summed E-state index contributed by atoms with van der Waals surface area (Å²) < 4.78 is 10.6. The Morgan fingerprint density at radius 3 is 2.15 bits per heavy atom. The van der Waals surface area contributed by atoms with E-state index in [0.29, 0.717) is 22.4 Å². The lowest BCUT2D eigenvalue weighted by Crippen LogP contribution is -2.38. The number of hydrogen-bond donors (Lipinski definition) is 0. The Labute approximate surface area is 229 Å². The summed E-state index contributed by atoms with van der Waals surface area (Å²) in [6.07, 6.45) is -0.463. The Kier molecular flexibility index (Phi) is 7.86. The van der Waals surface area contributed by atoms with Crippen molar-refractivity contribution in [3.8, 4) is 0 Å². The number of nitrogens with zero attached hydrogens (tertiary/aromatic N) is 1. The number of anilines is 1. The van der Waals surface area contributed by atoms with E-state index in [1.54, 1.807) is 32.9 Å². The first kappa shape index (κ1) is 27.6. The van der Waals surface area contributed by atoms with E-state index >= 15 is 0 Å². The van der Waals surface area contributed by atoms with E-state index < -0.39 is 29.5 Å². The molecule has 0 saturated carbocycles. The Balaban J connectivity index is 1.94. The van der Waals surface area contributed by atoms with Crippen molar-refractivity contribution in [1.82, 2.24) is 0 Å². The molecule has 1 aliphatic heterocycles. The summed E-state index contributed by atoms with van der Waals surface area (Å²) in [6.45, 7) is 11.3. The van der Waals surface area contributed by atoms with Gasteiger partial charge in [0.15, 0.2) is 0 Å². The number of amides is 2. The van der Waals surface area contributed by atoms with Crippen molar-refractivity contribution >= 4 is 34.8 Å². The Hall–Kier alpha value is -4.45. The molecule has 0 saturated heterocycles. The number of para-hydroxylation sites is 1. The molecule has 6 heteroatoms. The van der Waals surface area contributed by atoms with Crippen LogP contribution in [0, 0.1) is 6.92 Å². The molecule has 1 atom stereocenters. The predicted octanol–water partition coefficient (Wildman–Crippen LogP) is 7.09. The number of carbonyl (C=O) groups excluding carboxylic acids is 3. The van der Waals surface area contributed by atoms with Gasteiger partial charge in [0.1, 0.15) is 5.60 Å². The van der Waals surface area contributed by atoms with Gasteiger partial charge in [0, 0.05) is 17.1 Å². The van der Waals surface area contributed by atoms with Gasteiger partial charge in [-0.3, -0.25) is 4.79 Å². The molecule has 200 valence electrons. The molecule has 1 unspecified atom stereocenters. The van der Waals surface area contributed by atoms with Crippen molar-refractivity contribution in [2.24, 2.45) is 0 Å². The number of methoxy groups -OCH3 is 1. The molecule has 0 fully saturated rings. The zero-order chi connectivity index (χ0) is 28.3. The van der Waals surface area contributed by atoms with Gasteiger partial charge in [0.2, 0.25) is 0 Å². The summed E-state index contributed by atoms with van der Waals surface area (Å²) in [6, 6.07) is 24.6. The fourth-order valence-electron chi connectivity index (χ4n) is 4.72. The van der Waals surface area contributed by atoms with Gasteiger partial charge >= 0.3 is 12.1 Å². The van der Waals surface area contributed by atoms with E-state index in [4.69, 9.17) is 9.47 Å². The van der Waals surface area contributed by atoms with Crippen LogP contribution in [-0.4, -0.2) is 30.7 Å². The highest BCUT2D eigenvalue weighted by Crippen LogP contribution is 2.45. The molecule has 0 aromatic heterocycles. The monoisotopic (exact) mass is 523 g/mol. The standard InChI is InChI=1S/C33H33NO5/c1-21-16-18-24(19-17-21)27(20-26(22(2)31(36)38-6)23-12-8-7-9-13-23)29-25-14-10-11-15-28(25)34(30(29)35)32(37)39-33(3,4)5/h7-19,26H,2,20H2,1,3-6H3/b29-27-. The molecule has 0 aliphatic carbocycles. The Morgan fingerprint density at radius 1 is 0.923 bits per heavy atom. The predicted molar refractivity (Wildman–Crippen MR) is 153 cm³/mol. The Bertz CT molecular complexity index is 1450. The van der Waals surface area contributed by atoms with E-state index in [2.05, 4.69) is 6.58 Å². The quantitative estimate of drug-likeness (QED) is 0.255. The van der Waals surface area contributed by atoms with Gasteiger partial charge in [-0.15, -0.1) is 0 Å². The van der Waals surface area contributed by atoms with Gasteiger partial charge < -0.3 is 9.47 Å². The average molecular weight is 524 g/mol. The fraction of sp³-hybridized carbons (Fsp3) is 0.242. The number of fused-ring (bicyclic) bond motifs is 1. The molecule has 4 rings (SSSR count). The highest BCUT2D eigenvalue weighted by molar-refractivity contribution is 6.43. The van der Waals surface area contributed by atoms with Gasteiger partial charge in [-0.05, 0) is 56.9 Å². The van der Waals surface area contributed by atoms with Crippen LogP contribution in [0.2, 0.25) is 0 Å². The van der Waals surface area contributed by atoms with Gasteiger partial charge in [-0.25, -0.2) is 14.5 Å². The molecule has 0 radical (unpaired) electrons. The van der Waals surface area contributed by atoms with Crippen molar-refractivity contribution in [2.45, 2.75) is 45.6 Å². The lowest BCUT2D eigenvalue weighted by Gasteiger charge is -2.24. The fourth-order valence-corrected chi connectivity index (χ4v) is 4.72. The number of rotatable bonds is 6. The summed E-state index contributed by atoms with van der Waals surface area (Å²) in [5, 5.41) is 0. The second kappa shape index (κ2) is 11.1. The molecule has 0 N–H and O–H groups in total. The first-order chi connectivity index (χ1) is 18.5. The number of allylic oxidation sites excluding steroid dienone is 1. The van der Waals surface area contributed by atoms with Gasteiger partial charge in [0.05, 0.1) is 18.4 Å². The zero-order valence-corrected chi connectivity index (χ0v) is 23.0. The SMILES string of the molecule is C=C(C(=O)OC)C(C/C(=C1/C(=O)N(C(=O)OC(C)(C)C)c2ccccc21)c1ccc(C)cc1)c1ccccc1. The first-order valence-corrected chi connectivity index (χ1v) is 12.8. The summed E-state index contributed by atoms with van der Waals surface area (Å²) >= 11 is 0. The number of carbonyl (C=O) groups is 3. The molecule has 3 aromatic carbocycles. The largest absolute Gasteiger partial charge is 0.466 e. The maximum absolute atomic E-state index is 14.1. The van der Waals surface area contributed by atoms with Gasteiger partial charge in [-0.2, -0.15) is 0 Å². The molecular formula is C33H33NO5. The molecule has 1 heterocycles. The van der Waals surface area contributed by atoms with E-state index in [-0.39, 0.29) is 12.0 Å². The maximum Gasteiger partial charge on any atom is 0.422 e. The van der Waals surface area contributed by atoms with Gasteiger partial charge in [-0.1, -0.05) is 84.9 Å². The number of aryl methyl sites for hydroxylation is 1. The highest BCUT2D eigenvalue weighted by Gasteiger charge is 2.41. The molecule has 0 bridgehead atoms. The summed E-state index contributed by atoms with van der Waals surface area (Å²) in [5.74, 6) is -1.47. The second-order valence-electron chi connectivity index (χ2n) is 10.5. The van der Waals surface area contributed by atoms with Crippen molar-refractivity contribution in [1.29, 1.82) is 0 Å². The third-order valence-corrected chi connectivity index (χ3v) is 6.59. The van der Waals surface area contributed by atoms with Crippen molar-refractivity contribution in [3.05, 3.63) is 113 Å². The van der Waals surface area contributed by atoms with Crippen molar-refractivity contribution in [3.63, 3.8) is 0 Å². The van der Waals surface area contributed by atoms with E-state index in [0.717, 1.165) is 21.6 Å². The van der Waals surface area contributed by atoms with Crippen LogP contribution in [0.1, 0.15) is 55.4 Å². The zero-order valence-electron chi connectivity index (χ0n) is 23.0. The summed E-state index contributed by atoms with van der Waals surface area (Å²) in [5.41, 5.74) is 4.39. The summed E-state index contributed by atoms with van der Waals surface area (Å²) in [7, 11) is 1.32. The van der Waals surface area contributed by atoms with Crippen LogP contribution in [0.15, 0.2) is 91.0 Å². The maximum atomic E-state index is 14.1. The minimum atomic E-state index is -0.783. The molecule has 1 aliphatic rings. The molecule has 0 spiro atoms. The van der Waals surface area contributed by atoms with Crippen molar-refractivity contribution in [2.75, 3.05) is 12.0 Å². The third-order valence-electron chi connectivity index (χ3n) is 6.59. The first-order valence-electron chi connectivity index (χ1n) is 12.8. The Morgan fingerprint density at radius 2 is 1.54 bits per heavy atom.